The lowest BCUT2D eigenvalue weighted by Gasteiger charge is -2.32. The number of nitrogens with one attached hydrogen (secondary N) is 1. The third kappa shape index (κ3) is 4.99. The first-order valence-corrected chi connectivity index (χ1v) is 12.1. The van der Waals surface area contributed by atoms with Crippen LogP contribution in [0.3, 0.4) is 0 Å². The molecule has 37 heavy (non-hydrogen) atoms. The minimum absolute atomic E-state index is 0.0798. The molecule has 3 heterocycles. The first kappa shape index (κ1) is 24.7. The molecule has 2 aromatic heterocycles. The van der Waals surface area contributed by atoms with Gasteiger partial charge in [-0.25, -0.2) is 18.7 Å². The summed E-state index contributed by atoms with van der Waals surface area (Å²) in [6.07, 6.45) is 3.00. The van der Waals surface area contributed by atoms with E-state index in [9.17, 15) is 13.6 Å². The van der Waals surface area contributed by atoms with E-state index in [-0.39, 0.29) is 17.5 Å². The molecule has 1 fully saturated rings. The second-order valence-corrected chi connectivity index (χ2v) is 9.35. The predicted octanol–water partition coefficient (Wildman–Crippen LogP) is 4.40. The Labute approximate surface area is 211 Å². The molecule has 9 nitrogen and oxygen atoms in total. The minimum atomic E-state index is -0.763. The Morgan fingerprint density at radius 1 is 1.19 bits per heavy atom. The predicted molar refractivity (Wildman–Crippen MR) is 133 cm³/mol. The van der Waals surface area contributed by atoms with Gasteiger partial charge in [-0.2, -0.15) is 4.98 Å². The lowest BCUT2D eigenvalue weighted by atomic mass is 9.95. The van der Waals surface area contributed by atoms with Crippen molar-refractivity contribution in [2.24, 2.45) is 0 Å². The van der Waals surface area contributed by atoms with Crippen LogP contribution in [0.2, 0.25) is 0 Å². The third-order valence-electron chi connectivity index (χ3n) is 6.49. The summed E-state index contributed by atoms with van der Waals surface area (Å²) < 4.78 is 34.8. The van der Waals surface area contributed by atoms with Crippen LogP contribution in [0.15, 0.2) is 41.2 Å². The number of carbonyl (C=O) groups excluding carboxylic acids is 1. The van der Waals surface area contributed by atoms with Gasteiger partial charge in [0, 0.05) is 35.9 Å². The van der Waals surface area contributed by atoms with Gasteiger partial charge in [0.15, 0.2) is 5.82 Å². The zero-order chi connectivity index (χ0) is 26.1. The largest absolute Gasteiger partial charge is 0.387 e. The van der Waals surface area contributed by atoms with Crippen LogP contribution in [0, 0.1) is 11.6 Å². The monoisotopic (exact) mass is 508 g/mol. The fourth-order valence-corrected chi connectivity index (χ4v) is 4.56. The molecule has 1 aliphatic rings. The maximum Gasteiger partial charge on any atom is 0.250 e. The van der Waals surface area contributed by atoms with Crippen molar-refractivity contribution in [2.45, 2.75) is 38.5 Å². The van der Waals surface area contributed by atoms with Gasteiger partial charge in [0.05, 0.1) is 11.2 Å². The summed E-state index contributed by atoms with van der Waals surface area (Å²) in [5.74, 6) is 0.334. The zero-order valence-electron chi connectivity index (χ0n) is 20.4. The van der Waals surface area contributed by atoms with E-state index in [4.69, 9.17) is 9.63 Å². The van der Waals surface area contributed by atoms with E-state index < -0.39 is 24.1 Å². The van der Waals surface area contributed by atoms with Gasteiger partial charge in [0.25, 0.3) is 0 Å². The molecule has 2 aromatic carbocycles. The smallest absolute Gasteiger partial charge is 0.250 e. The van der Waals surface area contributed by atoms with E-state index >= 15 is 0 Å². The Morgan fingerprint density at radius 2 is 1.97 bits per heavy atom. The number of hydrogen-bond donors (Lipinski definition) is 2. The number of carbonyl (C=O) groups is 1. The zero-order valence-corrected chi connectivity index (χ0v) is 20.4. The lowest BCUT2D eigenvalue weighted by molar-refractivity contribution is -0.118. The molecule has 1 aliphatic heterocycles. The van der Waals surface area contributed by atoms with E-state index in [1.165, 1.54) is 30.6 Å². The van der Waals surface area contributed by atoms with Crippen molar-refractivity contribution in [1.29, 1.82) is 0 Å². The van der Waals surface area contributed by atoms with Crippen molar-refractivity contribution < 1.29 is 23.2 Å². The highest BCUT2D eigenvalue weighted by Crippen LogP contribution is 2.36. The van der Waals surface area contributed by atoms with Crippen LogP contribution in [0.5, 0.6) is 0 Å². The number of fused-ring (bicyclic) bond motifs is 1. The molecular formula is C26H26F2N6O3. The van der Waals surface area contributed by atoms with E-state index in [0.29, 0.717) is 52.7 Å². The van der Waals surface area contributed by atoms with Crippen molar-refractivity contribution in [3.8, 4) is 11.1 Å². The van der Waals surface area contributed by atoms with Crippen LogP contribution in [0.25, 0.3) is 22.0 Å². The molecule has 1 saturated heterocycles. The van der Waals surface area contributed by atoms with Gasteiger partial charge in [-0.3, -0.25) is 4.79 Å². The van der Waals surface area contributed by atoms with Crippen LogP contribution in [-0.2, 0) is 4.79 Å². The van der Waals surface area contributed by atoms with E-state index in [1.807, 2.05) is 13.8 Å². The fraction of sp³-hybridized carbons (Fsp3) is 0.346. The number of hydrogen-bond acceptors (Lipinski definition) is 8. The summed E-state index contributed by atoms with van der Waals surface area (Å²) in [7, 11) is 0. The first-order valence-electron chi connectivity index (χ1n) is 12.1. The van der Waals surface area contributed by atoms with Gasteiger partial charge in [-0.1, -0.05) is 25.1 Å². The molecule has 0 atom stereocenters. The second-order valence-electron chi connectivity index (χ2n) is 9.35. The van der Waals surface area contributed by atoms with Crippen molar-refractivity contribution in [3.63, 3.8) is 0 Å². The highest BCUT2D eigenvalue weighted by atomic mass is 19.1. The van der Waals surface area contributed by atoms with Crippen molar-refractivity contribution in [1.82, 2.24) is 20.1 Å². The number of anilines is 2. The first-order chi connectivity index (χ1) is 17.8. The number of piperidine rings is 1. The van der Waals surface area contributed by atoms with E-state index in [1.54, 1.807) is 6.07 Å². The standard InChI is InChI=1S/C26H26F2N6O3/c1-14(2)26-32-24(33-37-26)15-5-7-34(8-6-15)25-19-11-17(27)10-18(23(19)29-13-30-25)16-3-4-21(20(28)9-16)31-22(36)12-35/h3-4,9-11,13-15,35H,5-8,12H2,1-2H3,(H,31,36). The molecule has 2 N–H and O–H groups in total. The summed E-state index contributed by atoms with van der Waals surface area (Å²) in [5, 5.41) is 15.8. The Hall–Kier alpha value is -3.99. The number of halogens is 2. The van der Waals surface area contributed by atoms with Crippen molar-refractivity contribution >= 4 is 28.3 Å². The number of aliphatic hydroxyl groups is 1. The number of aromatic nitrogens is 4. The normalized spacial score (nSPS) is 14.5. The number of rotatable bonds is 6. The molecule has 0 saturated carbocycles. The summed E-state index contributed by atoms with van der Waals surface area (Å²) in [5.41, 5.74) is 1.20. The summed E-state index contributed by atoms with van der Waals surface area (Å²) >= 11 is 0. The molecule has 0 bridgehead atoms. The number of aliphatic hydroxyl groups excluding tert-OH is 1. The lowest BCUT2D eigenvalue weighted by Crippen LogP contribution is -2.34. The number of nitrogens with zero attached hydrogens (tertiary/aromatic N) is 5. The Kier molecular flexibility index (Phi) is 6.79. The van der Waals surface area contributed by atoms with Crippen LogP contribution in [-0.4, -0.2) is 50.8 Å². The van der Waals surface area contributed by atoms with Crippen LogP contribution < -0.4 is 10.2 Å². The molecule has 0 radical (unpaired) electrons. The molecule has 0 spiro atoms. The highest BCUT2D eigenvalue weighted by molar-refractivity contribution is 6.00. The van der Waals surface area contributed by atoms with Gasteiger partial charge >= 0.3 is 0 Å². The van der Waals surface area contributed by atoms with E-state index in [2.05, 4.69) is 30.3 Å². The minimum Gasteiger partial charge on any atom is -0.387 e. The maximum absolute atomic E-state index is 14.8. The molecule has 4 aromatic rings. The summed E-state index contributed by atoms with van der Waals surface area (Å²) in [6, 6.07) is 6.82. The van der Waals surface area contributed by atoms with E-state index in [0.717, 1.165) is 12.8 Å². The SMILES string of the molecule is CC(C)c1nc(C2CCN(c3ncnc4c(-c5ccc(NC(=O)CO)c(F)c5)cc(F)cc34)CC2)no1. The molecular weight excluding hydrogens is 482 g/mol. The quantitative estimate of drug-likeness (QED) is 0.394. The Bertz CT molecular complexity index is 1450. The van der Waals surface area contributed by atoms with Crippen LogP contribution in [0.1, 0.15) is 50.2 Å². The van der Waals surface area contributed by atoms with Crippen LogP contribution >= 0.6 is 0 Å². The van der Waals surface area contributed by atoms with Gasteiger partial charge in [-0.15, -0.1) is 0 Å². The molecule has 0 unspecified atom stereocenters. The molecule has 192 valence electrons. The molecule has 0 aliphatic carbocycles. The Morgan fingerprint density at radius 3 is 2.65 bits per heavy atom. The maximum atomic E-state index is 14.8. The topological polar surface area (TPSA) is 117 Å². The molecule has 5 rings (SSSR count). The fourth-order valence-electron chi connectivity index (χ4n) is 4.56. The van der Waals surface area contributed by atoms with Gasteiger partial charge in [-0.05, 0) is 42.7 Å². The summed E-state index contributed by atoms with van der Waals surface area (Å²) in [4.78, 5) is 26.9. The molecule has 1 amide bonds. The third-order valence-corrected chi connectivity index (χ3v) is 6.49. The average Bonchev–Trinajstić information content (AvgIpc) is 3.40. The van der Waals surface area contributed by atoms with Crippen LogP contribution in [0.4, 0.5) is 20.3 Å². The van der Waals surface area contributed by atoms with Gasteiger partial charge in [0.2, 0.25) is 11.8 Å². The second kappa shape index (κ2) is 10.2. The van der Waals surface area contributed by atoms with Gasteiger partial charge in [0.1, 0.15) is 30.4 Å². The highest BCUT2D eigenvalue weighted by Gasteiger charge is 2.27. The van der Waals surface area contributed by atoms with Crippen molar-refractivity contribution in [2.75, 3.05) is 29.9 Å². The van der Waals surface area contributed by atoms with Crippen molar-refractivity contribution in [3.05, 3.63) is 60.0 Å². The summed E-state index contributed by atoms with van der Waals surface area (Å²) in [6.45, 7) is 4.58. The molecule has 11 heteroatoms. The number of amides is 1. The average molecular weight is 509 g/mol. The number of benzene rings is 2. The Balaban J connectivity index is 1.43. The van der Waals surface area contributed by atoms with Gasteiger partial charge < -0.3 is 19.8 Å².